The van der Waals surface area contributed by atoms with E-state index >= 15 is 0 Å². The number of nitrogens with zero attached hydrogens (tertiary/aromatic N) is 3. The molecule has 2 aliphatic rings. The number of hydrogen-bond donors (Lipinski definition) is 1. The van der Waals surface area contributed by atoms with Crippen LogP contribution in [0.3, 0.4) is 0 Å². The largest absolute Gasteiger partial charge is 0.370 e. The summed E-state index contributed by atoms with van der Waals surface area (Å²) < 4.78 is 1.51. The van der Waals surface area contributed by atoms with Gasteiger partial charge >= 0.3 is 0 Å². The summed E-state index contributed by atoms with van der Waals surface area (Å²) in [5, 5.41) is 6.59. The zero-order valence-electron chi connectivity index (χ0n) is 13.4. The minimum atomic E-state index is -0.438. The molecule has 0 bridgehead atoms. The van der Waals surface area contributed by atoms with Crippen LogP contribution in [0.15, 0.2) is 28.3 Å². The molecule has 0 saturated heterocycles. The number of aromatic nitrogens is 2. The predicted octanol–water partition coefficient (Wildman–Crippen LogP) is 1.43. The third kappa shape index (κ3) is 2.55. The summed E-state index contributed by atoms with van der Waals surface area (Å²) in [6, 6.07) is 3.28. The van der Waals surface area contributed by atoms with E-state index in [2.05, 4.69) is 15.5 Å². The molecule has 0 radical (unpaired) electrons. The smallest absolute Gasteiger partial charge is 0.261 e. The third-order valence-electron chi connectivity index (χ3n) is 4.47. The molecule has 24 heavy (non-hydrogen) atoms. The molecule has 0 spiro atoms. The SMILES string of the molecule is CC1=NOC(NC(=O)c2ccn3c(=O)c4c(nc3c2)CCCC4)C1. The Kier molecular flexibility index (Phi) is 3.55. The van der Waals surface area contributed by atoms with Gasteiger partial charge in [0.15, 0.2) is 0 Å². The van der Waals surface area contributed by atoms with Crippen molar-refractivity contribution in [3.63, 3.8) is 0 Å². The van der Waals surface area contributed by atoms with E-state index in [9.17, 15) is 9.59 Å². The average molecular weight is 326 g/mol. The van der Waals surface area contributed by atoms with Gasteiger partial charge in [0.1, 0.15) is 5.65 Å². The monoisotopic (exact) mass is 326 g/mol. The van der Waals surface area contributed by atoms with E-state index in [4.69, 9.17) is 4.84 Å². The van der Waals surface area contributed by atoms with Gasteiger partial charge in [0.2, 0.25) is 6.23 Å². The van der Waals surface area contributed by atoms with Crippen molar-refractivity contribution in [3.05, 3.63) is 45.5 Å². The molecular formula is C17H18N4O3. The van der Waals surface area contributed by atoms with E-state index in [1.165, 1.54) is 4.40 Å². The van der Waals surface area contributed by atoms with Crippen molar-refractivity contribution in [2.24, 2.45) is 5.16 Å². The maximum absolute atomic E-state index is 12.6. The van der Waals surface area contributed by atoms with Crippen molar-refractivity contribution < 1.29 is 9.63 Å². The van der Waals surface area contributed by atoms with Crippen LogP contribution in [0.4, 0.5) is 0 Å². The summed E-state index contributed by atoms with van der Waals surface area (Å²) in [4.78, 5) is 34.6. The molecule has 0 fully saturated rings. The molecule has 1 aliphatic carbocycles. The van der Waals surface area contributed by atoms with Crippen LogP contribution in [0.5, 0.6) is 0 Å². The number of amides is 1. The maximum Gasteiger partial charge on any atom is 0.261 e. The van der Waals surface area contributed by atoms with Crippen molar-refractivity contribution >= 4 is 17.3 Å². The Balaban J connectivity index is 1.65. The van der Waals surface area contributed by atoms with E-state index in [-0.39, 0.29) is 11.5 Å². The highest BCUT2D eigenvalue weighted by Gasteiger charge is 2.22. The number of pyridine rings is 1. The van der Waals surface area contributed by atoms with E-state index < -0.39 is 6.23 Å². The quantitative estimate of drug-likeness (QED) is 0.904. The molecule has 7 nitrogen and oxygen atoms in total. The molecule has 7 heteroatoms. The van der Waals surface area contributed by atoms with Crippen LogP contribution in [-0.2, 0) is 17.7 Å². The van der Waals surface area contributed by atoms with Gasteiger partial charge in [0.05, 0.1) is 11.4 Å². The summed E-state index contributed by atoms with van der Waals surface area (Å²) in [5.74, 6) is -0.264. The lowest BCUT2D eigenvalue weighted by Gasteiger charge is -2.15. The number of nitrogens with one attached hydrogen (secondary N) is 1. The Morgan fingerprint density at radius 3 is 3.00 bits per heavy atom. The Morgan fingerprint density at radius 1 is 1.38 bits per heavy atom. The molecule has 2 aromatic rings. The molecule has 0 saturated carbocycles. The molecule has 1 amide bonds. The number of carbonyl (C=O) groups excluding carboxylic acids is 1. The van der Waals surface area contributed by atoms with E-state index in [0.717, 1.165) is 42.7 Å². The van der Waals surface area contributed by atoms with Gasteiger partial charge in [0, 0.05) is 23.7 Å². The molecule has 4 rings (SSSR count). The molecule has 2 aromatic heterocycles. The van der Waals surface area contributed by atoms with Crippen molar-refractivity contribution in [2.75, 3.05) is 0 Å². The highest BCUT2D eigenvalue weighted by Crippen LogP contribution is 2.17. The van der Waals surface area contributed by atoms with Crippen LogP contribution in [-0.4, -0.2) is 27.2 Å². The van der Waals surface area contributed by atoms with Crippen LogP contribution in [0.2, 0.25) is 0 Å². The van der Waals surface area contributed by atoms with Crippen molar-refractivity contribution in [2.45, 2.75) is 45.3 Å². The fourth-order valence-corrected chi connectivity index (χ4v) is 3.22. The first kappa shape index (κ1) is 14.9. The second kappa shape index (κ2) is 5.74. The molecule has 0 aromatic carbocycles. The number of fused-ring (bicyclic) bond motifs is 2. The fourth-order valence-electron chi connectivity index (χ4n) is 3.22. The van der Waals surface area contributed by atoms with Gasteiger partial charge in [-0.05, 0) is 44.7 Å². The van der Waals surface area contributed by atoms with Gasteiger partial charge in [-0.15, -0.1) is 0 Å². The molecule has 1 unspecified atom stereocenters. The summed E-state index contributed by atoms with van der Waals surface area (Å²) >= 11 is 0. The molecule has 1 aliphatic heterocycles. The summed E-state index contributed by atoms with van der Waals surface area (Å²) in [7, 11) is 0. The lowest BCUT2D eigenvalue weighted by atomic mass is 9.97. The van der Waals surface area contributed by atoms with Gasteiger partial charge in [-0.2, -0.15) is 0 Å². The summed E-state index contributed by atoms with van der Waals surface area (Å²) in [6.07, 6.45) is 5.44. The van der Waals surface area contributed by atoms with E-state index in [1.54, 1.807) is 18.3 Å². The van der Waals surface area contributed by atoms with Gasteiger partial charge in [0.25, 0.3) is 11.5 Å². The van der Waals surface area contributed by atoms with E-state index in [1.807, 2.05) is 6.92 Å². The number of aryl methyl sites for hydroxylation is 1. The Labute approximate surface area is 138 Å². The first-order valence-corrected chi connectivity index (χ1v) is 8.16. The lowest BCUT2D eigenvalue weighted by Crippen LogP contribution is -2.35. The summed E-state index contributed by atoms with van der Waals surface area (Å²) in [6.45, 7) is 1.85. The van der Waals surface area contributed by atoms with Gasteiger partial charge in [-0.25, -0.2) is 4.98 Å². The van der Waals surface area contributed by atoms with Gasteiger partial charge < -0.3 is 10.2 Å². The van der Waals surface area contributed by atoms with Crippen LogP contribution in [0.25, 0.3) is 5.65 Å². The third-order valence-corrected chi connectivity index (χ3v) is 4.47. The minimum absolute atomic E-state index is 0.0233. The van der Waals surface area contributed by atoms with Gasteiger partial charge in [-0.3, -0.25) is 14.0 Å². The molecular weight excluding hydrogens is 308 g/mol. The number of oxime groups is 1. The Morgan fingerprint density at radius 2 is 2.21 bits per heavy atom. The fraction of sp³-hybridized carbons (Fsp3) is 0.412. The number of carbonyl (C=O) groups is 1. The average Bonchev–Trinajstić information content (AvgIpc) is 2.99. The van der Waals surface area contributed by atoms with Crippen molar-refractivity contribution in [3.8, 4) is 0 Å². The van der Waals surface area contributed by atoms with Crippen LogP contribution >= 0.6 is 0 Å². The molecule has 1 atom stereocenters. The molecule has 124 valence electrons. The molecule has 3 heterocycles. The normalized spacial score (nSPS) is 19.5. The van der Waals surface area contributed by atoms with Gasteiger partial charge in [-0.1, -0.05) is 5.16 Å². The number of rotatable bonds is 2. The zero-order valence-corrected chi connectivity index (χ0v) is 13.4. The maximum atomic E-state index is 12.6. The number of hydrogen-bond acceptors (Lipinski definition) is 5. The predicted molar refractivity (Wildman–Crippen MR) is 88.2 cm³/mol. The van der Waals surface area contributed by atoms with Crippen molar-refractivity contribution in [1.29, 1.82) is 0 Å². The highest BCUT2D eigenvalue weighted by atomic mass is 16.7. The second-order valence-corrected chi connectivity index (χ2v) is 6.29. The highest BCUT2D eigenvalue weighted by molar-refractivity contribution is 5.95. The Bertz CT molecular complexity index is 916. The first-order chi connectivity index (χ1) is 11.6. The van der Waals surface area contributed by atoms with Crippen LogP contribution in [0.1, 0.15) is 47.8 Å². The first-order valence-electron chi connectivity index (χ1n) is 8.16. The zero-order chi connectivity index (χ0) is 16.7. The Hall–Kier alpha value is -2.70. The lowest BCUT2D eigenvalue weighted by molar-refractivity contribution is 0.0502. The molecule has 1 N–H and O–H groups in total. The standard InChI is InChI=1S/C17H18N4O3/c1-10-8-15(24-20-10)19-16(22)11-6-7-21-14(9-11)18-13-5-3-2-4-12(13)17(21)23/h6-7,9,15H,2-5,8H2,1H3,(H,19,22). The van der Waals surface area contributed by atoms with Crippen LogP contribution in [0, 0.1) is 0 Å². The second-order valence-electron chi connectivity index (χ2n) is 6.29. The minimum Gasteiger partial charge on any atom is -0.370 e. The summed E-state index contributed by atoms with van der Waals surface area (Å²) in [5.41, 5.74) is 3.46. The van der Waals surface area contributed by atoms with Crippen molar-refractivity contribution in [1.82, 2.24) is 14.7 Å². The topological polar surface area (TPSA) is 85.1 Å². The van der Waals surface area contributed by atoms with Crippen LogP contribution < -0.4 is 10.9 Å². The van der Waals surface area contributed by atoms with E-state index in [0.29, 0.717) is 17.6 Å².